The topological polar surface area (TPSA) is 24.9 Å². The van der Waals surface area contributed by atoms with Gasteiger partial charge in [0.2, 0.25) is 0 Å². The third-order valence-corrected chi connectivity index (χ3v) is 4.14. The lowest BCUT2D eigenvalue weighted by atomic mass is 10.3. The number of thioether (sulfide) groups is 1. The Balaban J connectivity index is 2.08. The average Bonchev–Trinajstić information content (AvgIpc) is 2.46. The van der Waals surface area contributed by atoms with Crippen molar-refractivity contribution in [2.75, 3.05) is 11.9 Å². The molecule has 1 heterocycles. The van der Waals surface area contributed by atoms with Gasteiger partial charge >= 0.3 is 0 Å². The molecule has 0 saturated heterocycles. The summed E-state index contributed by atoms with van der Waals surface area (Å²) >= 11 is 7.34. The Morgan fingerprint density at radius 3 is 2.76 bits per heavy atom. The number of rotatable bonds is 6. The number of halogens is 3. The normalized spacial score (nSPS) is 10.7. The number of nitrogens with zero attached hydrogens (tertiary/aromatic N) is 1. The third-order valence-electron chi connectivity index (χ3n) is 2.73. The van der Waals surface area contributed by atoms with Gasteiger partial charge < -0.3 is 5.32 Å². The van der Waals surface area contributed by atoms with Crippen LogP contribution in [0.1, 0.15) is 19.0 Å². The predicted molar refractivity (Wildman–Crippen MR) is 83.9 cm³/mol. The van der Waals surface area contributed by atoms with Gasteiger partial charge in [-0.3, -0.25) is 0 Å². The fourth-order valence-electron chi connectivity index (χ4n) is 1.68. The van der Waals surface area contributed by atoms with Crippen molar-refractivity contribution >= 4 is 29.2 Å². The summed E-state index contributed by atoms with van der Waals surface area (Å²) in [6.07, 6.45) is 0.995. The molecule has 0 aliphatic rings. The molecule has 0 amide bonds. The lowest BCUT2D eigenvalue weighted by molar-refractivity contribution is 0.565. The van der Waals surface area contributed by atoms with Gasteiger partial charge in [0.15, 0.2) is 0 Å². The molecule has 6 heteroatoms. The monoisotopic (exact) mass is 328 g/mol. The van der Waals surface area contributed by atoms with Gasteiger partial charge in [-0.1, -0.05) is 18.5 Å². The molecule has 0 aliphatic heterocycles. The van der Waals surface area contributed by atoms with E-state index in [0.717, 1.165) is 24.8 Å². The maximum Gasteiger partial charge on any atom is 0.139 e. The Labute approximate surface area is 131 Å². The highest BCUT2D eigenvalue weighted by Gasteiger charge is 2.08. The highest BCUT2D eigenvalue weighted by molar-refractivity contribution is 7.98. The van der Waals surface area contributed by atoms with E-state index in [1.807, 2.05) is 6.07 Å². The fraction of sp³-hybridized carbons (Fsp3) is 0.267. The lowest BCUT2D eigenvalue weighted by Crippen LogP contribution is -2.03. The number of hydrogen-bond acceptors (Lipinski definition) is 3. The molecule has 0 bridgehead atoms. The SMILES string of the molecule is CCCNc1ccc(Cl)c(CSc2ccc(F)cc2F)n1. The summed E-state index contributed by atoms with van der Waals surface area (Å²) in [6, 6.07) is 7.10. The van der Waals surface area contributed by atoms with Crippen molar-refractivity contribution in [2.45, 2.75) is 24.0 Å². The Hall–Kier alpha value is -1.33. The van der Waals surface area contributed by atoms with E-state index >= 15 is 0 Å². The minimum atomic E-state index is -0.584. The van der Waals surface area contributed by atoms with E-state index in [1.54, 1.807) is 6.07 Å². The summed E-state index contributed by atoms with van der Waals surface area (Å²) < 4.78 is 26.4. The van der Waals surface area contributed by atoms with Gasteiger partial charge in [-0.05, 0) is 30.7 Å². The van der Waals surface area contributed by atoms with Gasteiger partial charge in [0.05, 0.1) is 10.7 Å². The van der Waals surface area contributed by atoms with Gasteiger partial charge in [-0.2, -0.15) is 0 Å². The Morgan fingerprint density at radius 2 is 2.05 bits per heavy atom. The molecule has 0 fully saturated rings. The van der Waals surface area contributed by atoms with E-state index in [1.165, 1.54) is 23.9 Å². The van der Waals surface area contributed by atoms with Gasteiger partial charge in [-0.15, -0.1) is 11.8 Å². The maximum absolute atomic E-state index is 13.6. The molecule has 0 aliphatic carbocycles. The van der Waals surface area contributed by atoms with Crippen molar-refractivity contribution in [3.63, 3.8) is 0 Å². The zero-order valence-corrected chi connectivity index (χ0v) is 13.1. The van der Waals surface area contributed by atoms with Crippen LogP contribution in [0, 0.1) is 11.6 Å². The van der Waals surface area contributed by atoms with Crippen LogP contribution in [0.5, 0.6) is 0 Å². The molecule has 0 saturated carbocycles. The lowest BCUT2D eigenvalue weighted by Gasteiger charge is -2.08. The van der Waals surface area contributed by atoms with Crippen LogP contribution in [-0.2, 0) is 5.75 Å². The summed E-state index contributed by atoms with van der Waals surface area (Å²) in [6.45, 7) is 2.89. The summed E-state index contributed by atoms with van der Waals surface area (Å²) in [7, 11) is 0. The van der Waals surface area contributed by atoms with E-state index in [-0.39, 0.29) is 0 Å². The number of nitrogens with one attached hydrogen (secondary N) is 1. The molecular formula is C15H15ClF2N2S. The zero-order valence-electron chi connectivity index (χ0n) is 11.5. The van der Waals surface area contributed by atoms with E-state index < -0.39 is 11.6 Å². The van der Waals surface area contributed by atoms with Crippen LogP contribution in [0.25, 0.3) is 0 Å². The first-order valence-electron chi connectivity index (χ1n) is 6.57. The molecule has 2 nitrogen and oxygen atoms in total. The van der Waals surface area contributed by atoms with Crippen LogP contribution >= 0.6 is 23.4 Å². The first kappa shape index (κ1) is 16.0. The minimum Gasteiger partial charge on any atom is -0.370 e. The molecular weight excluding hydrogens is 314 g/mol. The van der Waals surface area contributed by atoms with E-state index in [0.29, 0.717) is 21.4 Å². The second-order valence-corrected chi connectivity index (χ2v) is 5.84. The largest absolute Gasteiger partial charge is 0.370 e. The molecule has 0 unspecified atom stereocenters. The van der Waals surface area contributed by atoms with Gasteiger partial charge in [0, 0.05) is 23.3 Å². The molecule has 112 valence electrons. The molecule has 2 aromatic rings. The summed E-state index contributed by atoms with van der Waals surface area (Å²) in [4.78, 5) is 4.79. The van der Waals surface area contributed by atoms with Crippen molar-refractivity contribution in [1.29, 1.82) is 0 Å². The van der Waals surface area contributed by atoms with E-state index in [4.69, 9.17) is 11.6 Å². The zero-order chi connectivity index (χ0) is 15.2. The Kier molecular flexibility index (Phi) is 5.82. The van der Waals surface area contributed by atoms with Gasteiger partial charge in [0.1, 0.15) is 17.5 Å². The number of hydrogen-bond donors (Lipinski definition) is 1. The van der Waals surface area contributed by atoms with Gasteiger partial charge in [-0.25, -0.2) is 13.8 Å². The van der Waals surface area contributed by atoms with Crippen LogP contribution < -0.4 is 5.32 Å². The second kappa shape index (κ2) is 7.61. The van der Waals surface area contributed by atoms with Crippen molar-refractivity contribution in [1.82, 2.24) is 4.98 Å². The number of aromatic nitrogens is 1. The predicted octanol–water partition coefficient (Wildman–Crippen LogP) is 5.13. The van der Waals surface area contributed by atoms with Gasteiger partial charge in [0.25, 0.3) is 0 Å². The highest BCUT2D eigenvalue weighted by Crippen LogP contribution is 2.28. The number of anilines is 1. The highest BCUT2D eigenvalue weighted by atomic mass is 35.5. The molecule has 21 heavy (non-hydrogen) atoms. The molecule has 1 aromatic heterocycles. The standard InChI is InChI=1S/C15H15ClF2N2S/c1-2-7-19-15-6-4-11(16)13(20-15)9-21-14-5-3-10(17)8-12(14)18/h3-6,8H,2,7,9H2,1H3,(H,19,20). The minimum absolute atomic E-state index is 0.376. The maximum atomic E-state index is 13.6. The quantitative estimate of drug-likeness (QED) is 0.744. The number of benzene rings is 1. The Bertz CT molecular complexity index is 623. The summed E-state index contributed by atoms with van der Waals surface area (Å²) in [5.41, 5.74) is 0.673. The van der Waals surface area contributed by atoms with Crippen LogP contribution in [0.3, 0.4) is 0 Å². The van der Waals surface area contributed by atoms with Crippen LogP contribution in [0.4, 0.5) is 14.6 Å². The summed E-state index contributed by atoms with van der Waals surface area (Å²) in [5, 5.41) is 3.71. The molecule has 1 N–H and O–H groups in total. The molecule has 2 rings (SSSR count). The first-order valence-corrected chi connectivity index (χ1v) is 7.93. The first-order chi connectivity index (χ1) is 10.1. The number of pyridine rings is 1. The van der Waals surface area contributed by atoms with E-state index in [2.05, 4.69) is 17.2 Å². The second-order valence-electron chi connectivity index (χ2n) is 4.42. The van der Waals surface area contributed by atoms with Crippen molar-refractivity contribution < 1.29 is 8.78 Å². The summed E-state index contributed by atoms with van der Waals surface area (Å²) in [5.74, 6) is 0.00910. The fourth-order valence-corrected chi connectivity index (χ4v) is 2.80. The van der Waals surface area contributed by atoms with Crippen molar-refractivity contribution in [2.24, 2.45) is 0 Å². The Morgan fingerprint density at radius 1 is 1.24 bits per heavy atom. The molecule has 0 atom stereocenters. The smallest absolute Gasteiger partial charge is 0.139 e. The van der Waals surface area contributed by atoms with Crippen molar-refractivity contribution in [3.05, 3.63) is 52.7 Å². The molecule has 1 aromatic carbocycles. The molecule has 0 spiro atoms. The van der Waals surface area contributed by atoms with Crippen LogP contribution in [0.2, 0.25) is 5.02 Å². The van der Waals surface area contributed by atoms with Crippen molar-refractivity contribution in [3.8, 4) is 0 Å². The average molecular weight is 329 g/mol. The third kappa shape index (κ3) is 4.58. The van der Waals surface area contributed by atoms with Crippen LogP contribution in [0.15, 0.2) is 35.2 Å². The molecule has 0 radical (unpaired) electrons. The van der Waals surface area contributed by atoms with E-state index in [9.17, 15) is 8.78 Å². The van der Waals surface area contributed by atoms with Crippen LogP contribution in [-0.4, -0.2) is 11.5 Å².